The van der Waals surface area contributed by atoms with Crippen molar-refractivity contribution in [2.24, 2.45) is 5.73 Å². The van der Waals surface area contributed by atoms with Crippen LogP contribution in [0.25, 0.3) is 10.9 Å². The van der Waals surface area contributed by atoms with E-state index in [4.69, 9.17) is 17.3 Å². The summed E-state index contributed by atoms with van der Waals surface area (Å²) in [4.78, 5) is 50.8. The van der Waals surface area contributed by atoms with Crippen LogP contribution in [0.5, 0.6) is 0 Å². The summed E-state index contributed by atoms with van der Waals surface area (Å²) >= 11 is 6.44. The molecule has 3 aromatic rings. The zero-order valence-corrected chi connectivity index (χ0v) is 24.7. The number of piperidine rings is 2. The maximum atomic E-state index is 14.8. The molecule has 2 fully saturated rings. The third-order valence-corrected chi connectivity index (χ3v) is 9.42. The number of Topliss-reactive ketones (excluding diaryl/α,β-unsaturated/α-hetero) is 1. The van der Waals surface area contributed by atoms with Crippen LogP contribution in [0.3, 0.4) is 0 Å². The second-order valence-corrected chi connectivity index (χ2v) is 11.8. The fraction of sp³-hybridized carbons (Fsp3) is 0.469. The smallest absolute Gasteiger partial charge is 0.259 e. The Labute approximate surface area is 246 Å². The van der Waals surface area contributed by atoms with Crippen molar-refractivity contribution in [3.8, 4) is 0 Å². The van der Waals surface area contributed by atoms with Gasteiger partial charge in [-0.05, 0) is 69.0 Å². The quantitative estimate of drug-likeness (QED) is 0.377. The molecule has 9 heteroatoms. The number of hydrogen-bond acceptors (Lipinski definition) is 6. The van der Waals surface area contributed by atoms with E-state index in [-0.39, 0.29) is 12.3 Å². The van der Waals surface area contributed by atoms with Gasteiger partial charge in [0, 0.05) is 48.2 Å². The highest BCUT2D eigenvalue weighted by atomic mass is 35.5. The van der Waals surface area contributed by atoms with Crippen LogP contribution >= 0.6 is 11.6 Å². The Morgan fingerprint density at radius 1 is 1.00 bits per heavy atom. The van der Waals surface area contributed by atoms with Crippen molar-refractivity contribution in [2.75, 3.05) is 26.2 Å². The van der Waals surface area contributed by atoms with E-state index in [1.807, 2.05) is 35.2 Å². The maximum absolute atomic E-state index is 14.8. The van der Waals surface area contributed by atoms with Crippen molar-refractivity contribution in [1.82, 2.24) is 19.7 Å². The van der Waals surface area contributed by atoms with Gasteiger partial charge in [-0.15, -0.1) is 0 Å². The van der Waals surface area contributed by atoms with Crippen molar-refractivity contribution in [3.63, 3.8) is 0 Å². The fourth-order valence-corrected chi connectivity index (χ4v) is 7.03. The van der Waals surface area contributed by atoms with Crippen LogP contribution < -0.4 is 5.73 Å². The first-order valence-corrected chi connectivity index (χ1v) is 15.0. The largest absolute Gasteiger partial charge is 0.361 e. The molecule has 2 atom stereocenters. The molecule has 2 amide bonds. The average Bonchev–Trinajstić information content (AvgIpc) is 3.41. The first kappa shape index (κ1) is 29.5. The summed E-state index contributed by atoms with van der Waals surface area (Å²) in [6, 6.07) is 14.2. The van der Waals surface area contributed by atoms with E-state index in [1.165, 1.54) is 33.1 Å². The highest BCUT2D eigenvalue weighted by Crippen LogP contribution is 2.39. The van der Waals surface area contributed by atoms with Gasteiger partial charge >= 0.3 is 0 Å². The molecule has 2 aliphatic heterocycles. The lowest BCUT2D eigenvalue weighted by molar-refractivity contribution is -0.160. The molecule has 41 heavy (non-hydrogen) atoms. The maximum Gasteiger partial charge on any atom is 0.259 e. The van der Waals surface area contributed by atoms with Crippen LogP contribution in [-0.4, -0.2) is 75.0 Å². The summed E-state index contributed by atoms with van der Waals surface area (Å²) in [6.45, 7) is 5.96. The molecule has 0 aliphatic carbocycles. The Bertz CT molecular complexity index is 1410. The minimum absolute atomic E-state index is 0.0479. The number of aromatic nitrogens is 1. The number of halogens is 1. The summed E-state index contributed by atoms with van der Waals surface area (Å²) in [5.41, 5.74) is 7.47. The number of nitrogens with one attached hydrogen (secondary N) is 1. The number of hydrogen-bond donors (Lipinski definition) is 2. The van der Waals surface area contributed by atoms with Crippen molar-refractivity contribution < 1.29 is 14.4 Å². The van der Waals surface area contributed by atoms with E-state index < -0.39 is 23.4 Å². The van der Waals surface area contributed by atoms with Crippen LogP contribution in [0.15, 0.2) is 54.7 Å². The highest BCUT2D eigenvalue weighted by molar-refractivity contribution is 6.31. The standard InChI is InChI=1S/C32H40ClN5O3/c1-22(39)32(30(34)27-20-35-29-13-7-5-11-26(27)29,37-18-14-25(15-19-37)36-16-8-3-9-17-36)31(41)38(23(2)40)21-24-10-4-6-12-28(24)33/h4-7,10-13,20,25,30,35H,3,8-9,14-19,21,34H2,1-2H3. The number of carbonyl (C=O) groups is 3. The summed E-state index contributed by atoms with van der Waals surface area (Å²) in [5.74, 6) is -1.44. The van der Waals surface area contributed by atoms with Gasteiger partial charge in [-0.1, -0.05) is 54.4 Å². The van der Waals surface area contributed by atoms with E-state index in [1.54, 1.807) is 24.4 Å². The molecule has 218 valence electrons. The number of aromatic amines is 1. The number of nitrogens with two attached hydrogens (primary N) is 1. The number of carbonyl (C=O) groups excluding carboxylic acids is 3. The topological polar surface area (TPSA) is 103 Å². The molecule has 3 heterocycles. The molecule has 2 aromatic carbocycles. The Kier molecular flexibility index (Phi) is 8.94. The Hall–Kier alpha value is -3.04. The van der Waals surface area contributed by atoms with E-state index >= 15 is 0 Å². The van der Waals surface area contributed by atoms with Gasteiger partial charge < -0.3 is 15.6 Å². The number of ketones is 1. The van der Waals surface area contributed by atoms with Gasteiger partial charge in [-0.3, -0.25) is 24.2 Å². The summed E-state index contributed by atoms with van der Waals surface area (Å²) < 4.78 is 0. The number of imide groups is 1. The van der Waals surface area contributed by atoms with Crippen molar-refractivity contribution >= 4 is 40.1 Å². The molecule has 0 bridgehead atoms. The lowest BCUT2D eigenvalue weighted by Gasteiger charge is -2.50. The number of benzene rings is 2. The fourth-order valence-electron chi connectivity index (χ4n) is 6.83. The molecule has 2 unspecified atom stereocenters. The van der Waals surface area contributed by atoms with E-state index in [9.17, 15) is 14.4 Å². The van der Waals surface area contributed by atoms with E-state index in [0.717, 1.165) is 41.7 Å². The van der Waals surface area contributed by atoms with Crippen molar-refractivity contribution in [3.05, 3.63) is 70.9 Å². The predicted molar refractivity (Wildman–Crippen MR) is 161 cm³/mol. The average molecular weight is 578 g/mol. The SMILES string of the molecule is CC(=O)N(Cc1ccccc1Cl)C(=O)C(C(C)=O)(C(N)c1c[nH]c2ccccc12)N1CCC(N2CCCCC2)CC1. The molecule has 0 saturated carbocycles. The number of rotatable bonds is 8. The Balaban J connectivity index is 1.57. The number of nitrogens with zero attached hydrogens (tertiary/aromatic N) is 3. The zero-order chi connectivity index (χ0) is 29.1. The third kappa shape index (κ3) is 5.58. The number of H-pyrrole nitrogens is 1. The lowest BCUT2D eigenvalue weighted by Crippen LogP contribution is -2.70. The minimum atomic E-state index is -1.77. The van der Waals surface area contributed by atoms with Gasteiger partial charge in [-0.2, -0.15) is 0 Å². The second-order valence-electron chi connectivity index (χ2n) is 11.4. The number of likely N-dealkylation sites (tertiary alicyclic amines) is 2. The molecule has 3 N–H and O–H groups in total. The van der Waals surface area contributed by atoms with Crippen LogP contribution in [0.4, 0.5) is 0 Å². The van der Waals surface area contributed by atoms with Gasteiger partial charge in [-0.25, -0.2) is 0 Å². The zero-order valence-electron chi connectivity index (χ0n) is 23.9. The Morgan fingerprint density at radius 3 is 2.32 bits per heavy atom. The number of fused-ring (bicyclic) bond motifs is 1. The van der Waals surface area contributed by atoms with Crippen LogP contribution in [0.1, 0.15) is 63.1 Å². The molecular formula is C32H40ClN5O3. The predicted octanol–water partition coefficient (Wildman–Crippen LogP) is 4.67. The van der Waals surface area contributed by atoms with E-state index in [2.05, 4.69) is 9.88 Å². The van der Waals surface area contributed by atoms with Gasteiger partial charge in [0.15, 0.2) is 11.3 Å². The molecule has 0 spiro atoms. The van der Waals surface area contributed by atoms with Crippen LogP contribution in [0.2, 0.25) is 5.02 Å². The molecule has 1 aromatic heterocycles. The summed E-state index contributed by atoms with van der Waals surface area (Å²) in [5, 5.41) is 1.30. The van der Waals surface area contributed by atoms with Gasteiger partial charge in [0.2, 0.25) is 5.91 Å². The molecular weight excluding hydrogens is 538 g/mol. The van der Waals surface area contributed by atoms with Crippen molar-refractivity contribution in [2.45, 2.75) is 70.1 Å². The monoisotopic (exact) mass is 577 g/mol. The molecule has 2 saturated heterocycles. The highest BCUT2D eigenvalue weighted by Gasteiger charge is 2.57. The molecule has 8 nitrogen and oxygen atoms in total. The summed E-state index contributed by atoms with van der Waals surface area (Å²) in [7, 11) is 0. The first-order valence-electron chi connectivity index (χ1n) is 14.6. The third-order valence-electron chi connectivity index (χ3n) is 9.05. The van der Waals surface area contributed by atoms with Gasteiger partial charge in [0.05, 0.1) is 12.6 Å². The van der Waals surface area contributed by atoms with Crippen molar-refractivity contribution in [1.29, 1.82) is 0 Å². The summed E-state index contributed by atoms with van der Waals surface area (Å²) in [6.07, 6.45) is 7.12. The van der Waals surface area contributed by atoms with Crippen LogP contribution in [-0.2, 0) is 20.9 Å². The second kappa shape index (κ2) is 12.4. The molecule has 2 aliphatic rings. The van der Waals surface area contributed by atoms with E-state index in [0.29, 0.717) is 35.3 Å². The molecule has 0 radical (unpaired) electrons. The van der Waals surface area contributed by atoms with Crippen LogP contribution in [0, 0.1) is 0 Å². The number of para-hydroxylation sites is 1. The Morgan fingerprint density at radius 2 is 1.66 bits per heavy atom. The first-order chi connectivity index (χ1) is 19.7. The number of amides is 2. The lowest BCUT2D eigenvalue weighted by atomic mass is 9.77. The van der Waals surface area contributed by atoms with Gasteiger partial charge in [0.25, 0.3) is 5.91 Å². The molecule has 5 rings (SSSR count). The van der Waals surface area contributed by atoms with Gasteiger partial charge in [0.1, 0.15) is 0 Å². The normalized spacial score (nSPS) is 19.5. The minimum Gasteiger partial charge on any atom is -0.361 e.